The monoisotopic (exact) mass is 630 g/mol. The highest BCUT2D eigenvalue weighted by molar-refractivity contribution is 6.00. The molecule has 0 bridgehead atoms. The molecule has 1 fully saturated rings. The number of nitrogens with one attached hydrogen (secondary N) is 2. The Balaban J connectivity index is 1.05. The molecule has 6 rings (SSSR count). The van der Waals surface area contributed by atoms with Crippen LogP contribution in [0, 0.1) is 12.8 Å². The quantitative estimate of drug-likeness (QED) is 0.160. The molecule has 2 aromatic heterocycles. The van der Waals surface area contributed by atoms with Gasteiger partial charge in [0.1, 0.15) is 11.5 Å². The summed E-state index contributed by atoms with van der Waals surface area (Å²) in [4.78, 5) is 28.5. The minimum Gasteiger partial charge on any atom is -0.352 e. The number of ketones is 1. The number of Topliss-reactive ketones (excluding diaryl/α,β-unsaturated/α-hetero) is 1. The third-order valence-electron chi connectivity index (χ3n) is 8.70. The van der Waals surface area contributed by atoms with E-state index < -0.39 is 0 Å². The van der Waals surface area contributed by atoms with Gasteiger partial charge in [0.25, 0.3) is 0 Å². The summed E-state index contributed by atoms with van der Waals surface area (Å²) < 4.78 is 7.17. The number of urea groups is 1. The van der Waals surface area contributed by atoms with Crippen LogP contribution in [0.5, 0.6) is 0 Å². The highest BCUT2D eigenvalue weighted by atomic mass is 16.5. The fourth-order valence-corrected chi connectivity index (χ4v) is 5.90. The van der Waals surface area contributed by atoms with Crippen molar-refractivity contribution in [3.63, 3.8) is 0 Å². The average Bonchev–Trinajstić information content (AvgIpc) is 3.72. The normalized spacial score (nSPS) is 14.2. The van der Waals surface area contributed by atoms with E-state index in [1.54, 1.807) is 10.7 Å². The molecule has 3 aromatic carbocycles. The van der Waals surface area contributed by atoms with E-state index >= 15 is 0 Å². The Morgan fingerprint density at radius 1 is 0.894 bits per heavy atom. The lowest BCUT2D eigenvalue weighted by molar-refractivity contribution is 0.0860. The van der Waals surface area contributed by atoms with Crippen molar-refractivity contribution in [1.82, 2.24) is 19.8 Å². The van der Waals surface area contributed by atoms with Gasteiger partial charge >= 0.3 is 6.03 Å². The van der Waals surface area contributed by atoms with Gasteiger partial charge < -0.3 is 9.84 Å². The Hall–Kier alpha value is -5.02. The maximum atomic E-state index is 13.4. The SMILES string of the molecule is Cc1ccc(-n2nc(C(C)(C)C)cc2NC(=O)Nc2ccccc2CC2CCN(CC(=O)c3cc(-c4ccccc4)no3)CC2)cc1. The number of nitrogens with zero attached hydrogens (tertiary/aromatic N) is 4. The fraction of sp³-hybridized carbons (Fsp3) is 0.316. The summed E-state index contributed by atoms with van der Waals surface area (Å²) in [6, 6.07) is 29.1. The molecule has 1 saturated heterocycles. The zero-order valence-electron chi connectivity index (χ0n) is 27.5. The van der Waals surface area contributed by atoms with Crippen LogP contribution in [-0.4, -0.2) is 51.3 Å². The molecule has 5 aromatic rings. The second-order valence-corrected chi connectivity index (χ2v) is 13.4. The number of aromatic nitrogens is 3. The van der Waals surface area contributed by atoms with Gasteiger partial charge in [-0.3, -0.25) is 15.0 Å². The smallest absolute Gasteiger partial charge is 0.324 e. The van der Waals surface area contributed by atoms with E-state index in [9.17, 15) is 9.59 Å². The van der Waals surface area contributed by atoms with Crippen molar-refractivity contribution in [3.8, 4) is 16.9 Å². The van der Waals surface area contributed by atoms with Crippen LogP contribution in [0.1, 0.15) is 61.0 Å². The third-order valence-corrected chi connectivity index (χ3v) is 8.70. The number of benzene rings is 3. The number of likely N-dealkylation sites (tertiary alicyclic amines) is 1. The van der Waals surface area contributed by atoms with Crippen LogP contribution in [0.3, 0.4) is 0 Å². The number of piperidine rings is 1. The average molecular weight is 631 g/mol. The van der Waals surface area contributed by atoms with E-state index in [0.717, 1.165) is 66.1 Å². The first-order valence-electron chi connectivity index (χ1n) is 16.2. The van der Waals surface area contributed by atoms with Crippen LogP contribution >= 0.6 is 0 Å². The third kappa shape index (κ3) is 7.86. The zero-order chi connectivity index (χ0) is 33.0. The predicted octanol–water partition coefficient (Wildman–Crippen LogP) is 7.91. The summed E-state index contributed by atoms with van der Waals surface area (Å²) in [5.41, 5.74) is 6.22. The molecule has 0 radical (unpaired) electrons. The Bertz CT molecular complexity index is 1830. The molecule has 0 spiro atoms. The van der Waals surface area contributed by atoms with Crippen molar-refractivity contribution in [2.75, 3.05) is 30.3 Å². The fourth-order valence-electron chi connectivity index (χ4n) is 5.90. The highest BCUT2D eigenvalue weighted by Gasteiger charge is 2.25. The molecular formula is C38H42N6O3. The molecule has 3 heterocycles. The van der Waals surface area contributed by atoms with E-state index in [-0.39, 0.29) is 17.2 Å². The number of amides is 2. The molecule has 0 unspecified atom stereocenters. The lowest BCUT2D eigenvalue weighted by Gasteiger charge is -2.31. The van der Waals surface area contributed by atoms with Gasteiger partial charge in [-0.1, -0.05) is 92.2 Å². The molecule has 47 heavy (non-hydrogen) atoms. The van der Waals surface area contributed by atoms with Gasteiger partial charge in [-0.15, -0.1) is 0 Å². The number of carbonyl (C=O) groups is 2. The van der Waals surface area contributed by atoms with Crippen LogP contribution in [0.4, 0.5) is 16.3 Å². The van der Waals surface area contributed by atoms with Gasteiger partial charge in [0.2, 0.25) is 11.5 Å². The lowest BCUT2D eigenvalue weighted by Crippen LogP contribution is -2.37. The van der Waals surface area contributed by atoms with Crippen molar-refractivity contribution in [3.05, 3.63) is 114 Å². The Morgan fingerprint density at radius 3 is 2.32 bits per heavy atom. The Morgan fingerprint density at radius 2 is 1.60 bits per heavy atom. The number of hydrogen-bond donors (Lipinski definition) is 2. The van der Waals surface area contributed by atoms with Crippen LogP contribution < -0.4 is 10.6 Å². The first-order chi connectivity index (χ1) is 22.6. The molecular weight excluding hydrogens is 588 g/mol. The maximum Gasteiger partial charge on any atom is 0.324 e. The van der Waals surface area contributed by atoms with E-state index in [2.05, 4.69) is 47.5 Å². The van der Waals surface area contributed by atoms with Crippen molar-refractivity contribution in [2.45, 2.75) is 52.4 Å². The number of para-hydroxylation sites is 1. The van der Waals surface area contributed by atoms with Crippen LogP contribution in [0.2, 0.25) is 0 Å². The second kappa shape index (κ2) is 13.8. The molecule has 242 valence electrons. The topological polar surface area (TPSA) is 105 Å². The first-order valence-corrected chi connectivity index (χ1v) is 16.2. The molecule has 1 aliphatic heterocycles. The van der Waals surface area contributed by atoms with Crippen LogP contribution in [-0.2, 0) is 11.8 Å². The standard InChI is InChI=1S/C38H42N6O3/c1-26-14-16-30(17-15-26)44-36(24-35(41-44)38(2,3)4)40-37(46)39-31-13-9-8-12-29(31)22-27-18-20-43(21-19-27)25-33(45)34-23-32(42-47-34)28-10-6-5-7-11-28/h5-17,23-24,27H,18-22,25H2,1-4H3,(H2,39,40,46). The molecule has 0 atom stereocenters. The number of anilines is 2. The molecule has 9 nitrogen and oxygen atoms in total. The summed E-state index contributed by atoms with van der Waals surface area (Å²) >= 11 is 0. The van der Waals surface area contributed by atoms with Gasteiger partial charge in [0.05, 0.1) is 17.9 Å². The van der Waals surface area contributed by atoms with Gasteiger partial charge in [0, 0.05) is 28.8 Å². The number of carbonyl (C=O) groups excluding carboxylic acids is 2. The van der Waals surface area contributed by atoms with E-state index in [1.165, 1.54) is 0 Å². The van der Waals surface area contributed by atoms with Gasteiger partial charge in [-0.2, -0.15) is 5.10 Å². The summed E-state index contributed by atoms with van der Waals surface area (Å²) in [6.07, 6.45) is 2.77. The van der Waals surface area contributed by atoms with Gasteiger partial charge in [-0.25, -0.2) is 9.48 Å². The minimum atomic E-state index is -0.317. The van der Waals surface area contributed by atoms with E-state index in [1.807, 2.05) is 85.8 Å². The number of aryl methyl sites for hydroxylation is 1. The minimum absolute atomic E-state index is 0.0583. The van der Waals surface area contributed by atoms with Crippen molar-refractivity contribution in [1.29, 1.82) is 0 Å². The van der Waals surface area contributed by atoms with Crippen molar-refractivity contribution in [2.24, 2.45) is 5.92 Å². The predicted molar refractivity (Wildman–Crippen MR) is 185 cm³/mol. The second-order valence-electron chi connectivity index (χ2n) is 13.4. The van der Waals surface area contributed by atoms with Gasteiger partial charge in [0.15, 0.2) is 0 Å². The summed E-state index contributed by atoms with van der Waals surface area (Å²) in [5, 5.41) is 15.1. The largest absolute Gasteiger partial charge is 0.352 e. The van der Waals surface area contributed by atoms with E-state index in [0.29, 0.717) is 29.7 Å². The summed E-state index contributed by atoms with van der Waals surface area (Å²) in [5.74, 6) is 1.29. The first kappa shape index (κ1) is 31.9. The van der Waals surface area contributed by atoms with Crippen LogP contribution in [0.25, 0.3) is 16.9 Å². The number of hydrogen-bond acceptors (Lipinski definition) is 6. The zero-order valence-corrected chi connectivity index (χ0v) is 27.5. The molecule has 0 aliphatic carbocycles. The molecule has 2 N–H and O–H groups in total. The highest BCUT2D eigenvalue weighted by Crippen LogP contribution is 2.29. The van der Waals surface area contributed by atoms with Crippen LogP contribution in [0.15, 0.2) is 95.5 Å². The Labute approximate surface area is 276 Å². The molecule has 1 aliphatic rings. The van der Waals surface area contributed by atoms with Crippen molar-refractivity contribution < 1.29 is 14.1 Å². The molecule has 2 amide bonds. The van der Waals surface area contributed by atoms with Crippen molar-refractivity contribution >= 4 is 23.3 Å². The maximum absolute atomic E-state index is 13.4. The Kier molecular flexibility index (Phi) is 9.36. The molecule has 9 heteroatoms. The summed E-state index contributed by atoms with van der Waals surface area (Å²) in [7, 11) is 0. The lowest BCUT2D eigenvalue weighted by atomic mass is 9.89. The van der Waals surface area contributed by atoms with Gasteiger partial charge in [-0.05, 0) is 69.0 Å². The summed E-state index contributed by atoms with van der Waals surface area (Å²) in [6.45, 7) is 10.3. The molecule has 0 saturated carbocycles. The van der Waals surface area contributed by atoms with E-state index in [4.69, 9.17) is 9.62 Å². The number of rotatable bonds is 9.